The second-order valence-electron chi connectivity index (χ2n) is 4.37. The van der Waals surface area contributed by atoms with Gasteiger partial charge in [-0.25, -0.2) is 9.78 Å². The fourth-order valence-corrected chi connectivity index (χ4v) is 1.41. The Balaban J connectivity index is 2.48. The van der Waals surface area contributed by atoms with Crippen molar-refractivity contribution in [3.8, 4) is 0 Å². The van der Waals surface area contributed by atoms with Crippen molar-refractivity contribution in [2.24, 2.45) is 0 Å². The lowest BCUT2D eigenvalue weighted by atomic mass is 10.2. The van der Waals surface area contributed by atoms with Crippen molar-refractivity contribution in [1.29, 1.82) is 0 Å². The molecule has 1 aromatic heterocycles. The van der Waals surface area contributed by atoms with E-state index in [1.807, 2.05) is 14.1 Å². The number of rotatable bonds is 6. The number of nitrogens with zero attached hydrogens (tertiary/aromatic N) is 2. The van der Waals surface area contributed by atoms with E-state index >= 15 is 0 Å². The second kappa shape index (κ2) is 6.20. The number of carboxylic acid groups (broad SMARTS) is 1. The molecule has 94 valence electrons. The molecule has 0 bridgehead atoms. The van der Waals surface area contributed by atoms with Crippen LogP contribution in [-0.2, 0) is 0 Å². The minimum absolute atomic E-state index is 0.0662. The summed E-state index contributed by atoms with van der Waals surface area (Å²) in [7, 11) is 4.08. The van der Waals surface area contributed by atoms with Gasteiger partial charge in [0.1, 0.15) is 5.69 Å². The molecule has 1 atom stereocenters. The van der Waals surface area contributed by atoms with Gasteiger partial charge in [0.05, 0.1) is 11.9 Å². The number of carboxylic acids is 1. The van der Waals surface area contributed by atoms with Gasteiger partial charge in [0, 0.05) is 6.04 Å². The molecule has 17 heavy (non-hydrogen) atoms. The maximum atomic E-state index is 10.6. The lowest BCUT2D eigenvalue weighted by Crippen LogP contribution is -2.23. The fraction of sp³-hybridized carbons (Fsp3) is 0.500. The van der Waals surface area contributed by atoms with Crippen LogP contribution in [-0.4, -0.2) is 47.6 Å². The molecule has 1 unspecified atom stereocenters. The maximum Gasteiger partial charge on any atom is 0.354 e. The number of aromatic nitrogens is 1. The predicted molar refractivity (Wildman–Crippen MR) is 67.5 cm³/mol. The van der Waals surface area contributed by atoms with Crippen LogP contribution in [0.4, 0.5) is 5.69 Å². The highest BCUT2D eigenvalue weighted by atomic mass is 16.4. The summed E-state index contributed by atoms with van der Waals surface area (Å²) in [6, 6.07) is 3.57. The molecule has 0 spiro atoms. The number of anilines is 1. The second-order valence-corrected chi connectivity index (χ2v) is 4.37. The molecular formula is C12H19N3O2. The van der Waals surface area contributed by atoms with Crippen molar-refractivity contribution in [3.63, 3.8) is 0 Å². The molecule has 1 heterocycles. The molecule has 0 radical (unpaired) electrons. The van der Waals surface area contributed by atoms with Crippen LogP contribution in [0.25, 0.3) is 0 Å². The number of carbonyl (C=O) groups is 1. The lowest BCUT2D eigenvalue weighted by Gasteiger charge is -2.17. The zero-order valence-electron chi connectivity index (χ0n) is 10.5. The number of hydrogen-bond donors (Lipinski definition) is 2. The summed E-state index contributed by atoms with van der Waals surface area (Å²) in [6.45, 7) is 3.10. The van der Waals surface area contributed by atoms with Crippen LogP contribution in [0.1, 0.15) is 23.8 Å². The number of hydrogen-bond acceptors (Lipinski definition) is 4. The van der Waals surface area contributed by atoms with Crippen LogP contribution in [0.2, 0.25) is 0 Å². The average Bonchev–Trinajstić information content (AvgIpc) is 2.27. The fourth-order valence-electron chi connectivity index (χ4n) is 1.41. The summed E-state index contributed by atoms with van der Waals surface area (Å²) in [4.78, 5) is 16.6. The van der Waals surface area contributed by atoms with E-state index in [-0.39, 0.29) is 5.69 Å². The van der Waals surface area contributed by atoms with Crippen molar-refractivity contribution in [3.05, 3.63) is 24.0 Å². The Bertz CT molecular complexity index is 363. The van der Waals surface area contributed by atoms with E-state index in [4.69, 9.17) is 5.11 Å². The largest absolute Gasteiger partial charge is 0.477 e. The summed E-state index contributed by atoms with van der Waals surface area (Å²) in [5.41, 5.74) is 0.915. The number of aromatic carboxylic acids is 1. The Hall–Kier alpha value is -1.62. The Morgan fingerprint density at radius 1 is 1.53 bits per heavy atom. The van der Waals surface area contributed by atoms with Gasteiger partial charge in [0.15, 0.2) is 0 Å². The van der Waals surface area contributed by atoms with Crippen LogP contribution in [0.15, 0.2) is 18.3 Å². The van der Waals surface area contributed by atoms with Crippen molar-refractivity contribution in [2.75, 3.05) is 26.0 Å². The molecule has 1 aromatic rings. The van der Waals surface area contributed by atoms with E-state index in [0.717, 1.165) is 18.7 Å². The lowest BCUT2D eigenvalue weighted by molar-refractivity contribution is 0.0690. The molecule has 0 saturated carbocycles. The zero-order chi connectivity index (χ0) is 12.8. The monoisotopic (exact) mass is 237 g/mol. The van der Waals surface area contributed by atoms with Gasteiger partial charge in [-0.05, 0) is 46.1 Å². The first-order valence-electron chi connectivity index (χ1n) is 5.59. The van der Waals surface area contributed by atoms with Gasteiger partial charge in [-0.15, -0.1) is 0 Å². The molecule has 1 rings (SSSR count). The first-order chi connectivity index (χ1) is 7.99. The molecular weight excluding hydrogens is 218 g/mol. The van der Waals surface area contributed by atoms with Gasteiger partial charge in [-0.3, -0.25) is 0 Å². The summed E-state index contributed by atoms with van der Waals surface area (Å²) in [5, 5.41) is 12.0. The number of nitrogens with one attached hydrogen (secondary N) is 1. The van der Waals surface area contributed by atoms with Crippen molar-refractivity contribution in [1.82, 2.24) is 9.88 Å². The third-order valence-electron chi connectivity index (χ3n) is 2.40. The topological polar surface area (TPSA) is 65.5 Å². The minimum atomic E-state index is -1.00. The molecule has 0 fully saturated rings. The van der Waals surface area contributed by atoms with E-state index < -0.39 is 5.97 Å². The third kappa shape index (κ3) is 4.82. The van der Waals surface area contributed by atoms with Crippen molar-refractivity contribution < 1.29 is 9.90 Å². The van der Waals surface area contributed by atoms with Crippen LogP contribution in [0.5, 0.6) is 0 Å². The van der Waals surface area contributed by atoms with E-state index in [9.17, 15) is 4.79 Å². The smallest absolute Gasteiger partial charge is 0.354 e. The van der Waals surface area contributed by atoms with Gasteiger partial charge < -0.3 is 15.3 Å². The summed E-state index contributed by atoms with van der Waals surface area (Å²) < 4.78 is 0. The first-order valence-corrected chi connectivity index (χ1v) is 5.59. The summed E-state index contributed by atoms with van der Waals surface area (Å²) >= 11 is 0. The highest BCUT2D eigenvalue weighted by molar-refractivity contribution is 5.85. The Labute approximate surface area is 101 Å². The average molecular weight is 237 g/mol. The first kappa shape index (κ1) is 13.4. The van der Waals surface area contributed by atoms with Gasteiger partial charge in [0.25, 0.3) is 0 Å². The molecule has 0 aliphatic rings. The van der Waals surface area contributed by atoms with Crippen LogP contribution in [0.3, 0.4) is 0 Å². The maximum absolute atomic E-state index is 10.6. The Kier molecular flexibility index (Phi) is 4.90. The standard InChI is InChI=1S/C12H19N3O2/c1-9(6-7-15(2)3)14-10-4-5-11(12(16)17)13-8-10/h4-5,8-9,14H,6-7H2,1-3H3,(H,16,17). The highest BCUT2D eigenvalue weighted by Gasteiger charge is 2.06. The third-order valence-corrected chi connectivity index (χ3v) is 2.40. The normalized spacial score (nSPS) is 12.5. The molecule has 5 heteroatoms. The molecule has 5 nitrogen and oxygen atoms in total. The molecule has 2 N–H and O–H groups in total. The van der Waals surface area contributed by atoms with E-state index in [2.05, 4.69) is 22.1 Å². The molecule has 0 aliphatic carbocycles. The molecule has 0 saturated heterocycles. The molecule has 0 aliphatic heterocycles. The summed E-state index contributed by atoms with van der Waals surface area (Å²) in [6.07, 6.45) is 2.57. The number of pyridine rings is 1. The Morgan fingerprint density at radius 2 is 2.24 bits per heavy atom. The van der Waals surface area contributed by atoms with Crippen LogP contribution < -0.4 is 5.32 Å². The van der Waals surface area contributed by atoms with Gasteiger partial charge >= 0.3 is 5.97 Å². The Morgan fingerprint density at radius 3 is 2.71 bits per heavy atom. The highest BCUT2D eigenvalue weighted by Crippen LogP contribution is 2.09. The quantitative estimate of drug-likeness (QED) is 0.785. The molecule has 0 aromatic carbocycles. The predicted octanol–water partition coefficient (Wildman–Crippen LogP) is 1.53. The SMILES string of the molecule is CC(CCN(C)C)Nc1ccc(C(=O)O)nc1. The van der Waals surface area contributed by atoms with E-state index in [1.165, 1.54) is 6.07 Å². The van der Waals surface area contributed by atoms with Crippen LogP contribution in [0, 0.1) is 0 Å². The van der Waals surface area contributed by atoms with Crippen molar-refractivity contribution >= 4 is 11.7 Å². The van der Waals surface area contributed by atoms with Gasteiger partial charge in [0.2, 0.25) is 0 Å². The van der Waals surface area contributed by atoms with Crippen LogP contribution >= 0.6 is 0 Å². The zero-order valence-corrected chi connectivity index (χ0v) is 10.5. The van der Waals surface area contributed by atoms with Gasteiger partial charge in [-0.1, -0.05) is 0 Å². The molecule has 0 amide bonds. The van der Waals surface area contributed by atoms with Crippen molar-refractivity contribution in [2.45, 2.75) is 19.4 Å². The summed E-state index contributed by atoms with van der Waals surface area (Å²) in [5.74, 6) is -1.00. The minimum Gasteiger partial charge on any atom is -0.477 e. The van der Waals surface area contributed by atoms with E-state index in [0.29, 0.717) is 6.04 Å². The van der Waals surface area contributed by atoms with E-state index in [1.54, 1.807) is 12.3 Å². The van der Waals surface area contributed by atoms with Gasteiger partial charge in [-0.2, -0.15) is 0 Å².